The summed E-state index contributed by atoms with van der Waals surface area (Å²) < 4.78 is 0. The van der Waals surface area contributed by atoms with Crippen molar-refractivity contribution in [2.24, 2.45) is 5.41 Å². The normalized spacial score (nSPS) is 27.4. The van der Waals surface area contributed by atoms with Crippen molar-refractivity contribution in [1.29, 1.82) is 0 Å². The molecule has 0 saturated heterocycles. The van der Waals surface area contributed by atoms with E-state index in [1.54, 1.807) is 0 Å². The van der Waals surface area contributed by atoms with Gasteiger partial charge >= 0.3 is 0 Å². The highest BCUT2D eigenvalue weighted by Gasteiger charge is 2.64. The molecule has 2 aliphatic heterocycles. The minimum atomic E-state index is -0.0915. The minimum Gasteiger partial charge on any atom is -0.301 e. The summed E-state index contributed by atoms with van der Waals surface area (Å²) >= 11 is 0. The van der Waals surface area contributed by atoms with Crippen molar-refractivity contribution >= 4 is 34.0 Å². The van der Waals surface area contributed by atoms with E-state index in [0.29, 0.717) is 0 Å². The van der Waals surface area contributed by atoms with Gasteiger partial charge in [0, 0.05) is 22.2 Å². The molecule has 4 aromatic rings. The van der Waals surface area contributed by atoms with E-state index >= 15 is 0 Å². The van der Waals surface area contributed by atoms with Gasteiger partial charge in [-0.2, -0.15) is 0 Å². The molecule has 0 spiro atoms. The fourth-order valence-corrected chi connectivity index (χ4v) is 5.74. The number of hydrogen-bond donors (Lipinski definition) is 0. The van der Waals surface area contributed by atoms with Gasteiger partial charge in [0.1, 0.15) is 6.17 Å². The fourth-order valence-electron chi connectivity index (χ4n) is 5.74. The summed E-state index contributed by atoms with van der Waals surface area (Å²) in [4.78, 5) is 15.1. The summed E-state index contributed by atoms with van der Waals surface area (Å²) in [7, 11) is 0. The average molecular weight is 403 g/mol. The van der Waals surface area contributed by atoms with Gasteiger partial charge in [0.15, 0.2) is 11.6 Å². The van der Waals surface area contributed by atoms with Crippen LogP contribution in [0.25, 0.3) is 11.0 Å². The molecule has 1 aromatic heterocycles. The van der Waals surface area contributed by atoms with Gasteiger partial charge in [-0.15, -0.1) is 0 Å². The molecule has 4 nitrogen and oxygen atoms in total. The van der Waals surface area contributed by atoms with Gasteiger partial charge in [-0.05, 0) is 35.9 Å². The number of benzene rings is 3. The first-order valence-electron chi connectivity index (χ1n) is 10.8. The van der Waals surface area contributed by atoms with Gasteiger partial charge in [-0.25, -0.2) is 9.97 Å². The maximum Gasteiger partial charge on any atom is 0.179 e. The standard InChI is InChI=1S/C27H22N4/c1-26-16-17-27(26,2)25-30(18-10-4-3-5-11-18)23-24(29-21-14-8-7-13-20(21)28-23)31(25)22-15-9-6-12-19(22)26/h3-17,25H,1-2H3. The lowest BCUT2D eigenvalue weighted by molar-refractivity contribution is 0.174. The van der Waals surface area contributed by atoms with E-state index in [0.717, 1.165) is 28.4 Å². The van der Waals surface area contributed by atoms with Crippen LogP contribution in [0.3, 0.4) is 0 Å². The number of hydrogen-bond acceptors (Lipinski definition) is 4. The summed E-state index contributed by atoms with van der Waals surface area (Å²) in [6.07, 6.45) is 4.81. The van der Waals surface area contributed by atoms with E-state index in [-0.39, 0.29) is 17.0 Å². The maximum atomic E-state index is 5.15. The highest BCUT2D eigenvalue weighted by atomic mass is 15.5. The molecule has 3 aliphatic rings. The van der Waals surface area contributed by atoms with Gasteiger partial charge in [-0.3, -0.25) is 0 Å². The summed E-state index contributed by atoms with van der Waals surface area (Å²) in [5, 5.41) is 0. The smallest absolute Gasteiger partial charge is 0.179 e. The highest BCUT2D eigenvalue weighted by molar-refractivity contribution is 5.92. The first-order valence-corrected chi connectivity index (χ1v) is 10.8. The van der Waals surface area contributed by atoms with E-state index in [2.05, 4.69) is 90.4 Å². The summed E-state index contributed by atoms with van der Waals surface area (Å²) in [5.74, 6) is 1.86. The minimum absolute atomic E-state index is 0.0424. The van der Waals surface area contributed by atoms with Crippen molar-refractivity contribution in [1.82, 2.24) is 9.97 Å². The van der Waals surface area contributed by atoms with Crippen LogP contribution in [0.4, 0.5) is 23.0 Å². The van der Waals surface area contributed by atoms with E-state index in [9.17, 15) is 0 Å². The van der Waals surface area contributed by atoms with Crippen molar-refractivity contribution < 1.29 is 0 Å². The molecule has 0 radical (unpaired) electrons. The van der Waals surface area contributed by atoms with Crippen LogP contribution in [0, 0.1) is 5.41 Å². The molecular formula is C27H22N4. The lowest BCUT2D eigenvalue weighted by Gasteiger charge is -2.61. The topological polar surface area (TPSA) is 32.3 Å². The van der Waals surface area contributed by atoms with Crippen LogP contribution in [0.2, 0.25) is 0 Å². The summed E-state index contributed by atoms with van der Waals surface area (Å²) in [5.41, 5.74) is 5.44. The zero-order valence-corrected chi connectivity index (χ0v) is 17.5. The molecule has 0 bridgehead atoms. The van der Waals surface area contributed by atoms with E-state index in [1.165, 1.54) is 11.3 Å². The van der Waals surface area contributed by atoms with Gasteiger partial charge in [0.2, 0.25) is 0 Å². The molecule has 7 rings (SSSR count). The van der Waals surface area contributed by atoms with Crippen molar-refractivity contribution in [3.8, 4) is 0 Å². The predicted molar refractivity (Wildman–Crippen MR) is 125 cm³/mol. The zero-order chi connectivity index (χ0) is 20.8. The molecule has 4 heteroatoms. The average Bonchev–Trinajstić information content (AvgIpc) is 3.15. The molecule has 0 saturated carbocycles. The van der Waals surface area contributed by atoms with Crippen LogP contribution in [0.5, 0.6) is 0 Å². The second-order valence-corrected chi connectivity index (χ2v) is 9.14. The Morgan fingerprint density at radius 3 is 1.97 bits per heavy atom. The van der Waals surface area contributed by atoms with E-state index in [4.69, 9.17) is 9.97 Å². The molecule has 3 unspecified atom stereocenters. The lowest BCUT2D eigenvalue weighted by atomic mass is 9.51. The maximum absolute atomic E-state index is 5.15. The van der Waals surface area contributed by atoms with Crippen molar-refractivity contribution in [3.05, 3.63) is 96.6 Å². The van der Waals surface area contributed by atoms with E-state index < -0.39 is 0 Å². The Bertz CT molecular complexity index is 1400. The number of rotatable bonds is 1. The number of nitrogens with zero attached hydrogens (tertiary/aromatic N) is 4. The Kier molecular flexibility index (Phi) is 3.04. The van der Waals surface area contributed by atoms with Crippen LogP contribution in [0.1, 0.15) is 19.4 Å². The number of allylic oxidation sites excluding steroid dienone is 1. The van der Waals surface area contributed by atoms with Crippen molar-refractivity contribution in [3.63, 3.8) is 0 Å². The summed E-state index contributed by atoms with van der Waals surface area (Å²) in [6.45, 7) is 4.74. The second-order valence-electron chi connectivity index (χ2n) is 9.14. The first-order chi connectivity index (χ1) is 15.1. The van der Waals surface area contributed by atoms with Crippen LogP contribution < -0.4 is 9.80 Å². The molecular weight excluding hydrogens is 380 g/mol. The third kappa shape index (κ3) is 1.91. The number of anilines is 4. The zero-order valence-electron chi connectivity index (χ0n) is 17.5. The predicted octanol–water partition coefficient (Wildman–Crippen LogP) is 6.09. The highest BCUT2D eigenvalue weighted by Crippen LogP contribution is 2.66. The van der Waals surface area contributed by atoms with Gasteiger partial charge in [0.25, 0.3) is 0 Å². The lowest BCUT2D eigenvalue weighted by Crippen LogP contribution is -2.64. The van der Waals surface area contributed by atoms with E-state index in [1.807, 2.05) is 24.3 Å². The van der Waals surface area contributed by atoms with Gasteiger partial charge < -0.3 is 9.80 Å². The molecule has 0 N–H and O–H groups in total. The quantitative estimate of drug-likeness (QED) is 0.361. The molecule has 150 valence electrons. The molecule has 0 fully saturated rings. The van der Waals surface area contributed by atoms with Crippen LogP contribution in [-0.2, 0) is 5.41 Å². The Labute approximate surface area is 181 Å². The first kappa shape index (κ1) is 17.1. The molecule has 0 amide bonds. The molecule has 31 heavy (non-hydrogen) atoms. The monoisotopic (exact) mass is 402 g/mol. The fraction of sp³-hybridized carbons (Fsp3) is 0.185. The third-order valence-electron chi connectivity index (χ3n) is 7.66. The number of aromatic nitrogens is 2. The largest absolute Gasteiger partial charge is 0.301 e. The molecule has 3 atom stereocenters. The molecule has 1 aliphatic carbocycles. The second kappa shape index (κ2) is 5.52. The van der Waals surface area contributed by atoms with Gasteiger partial charge in [-0.1, -0.05) is 74.5 Å². The van der Waals surface area contributed by atoms with Crippen LogP contribution >= 0.6 is 0 Å². The molecule has 3 heterocycles. The summed E-state index contributed by atoms with van der Waals surface area (Å²) in [6, 6.07) is 27.5. The third-order valence-corrected chi connectivity index (χ3v) is 7.66. The van der Waals surface area contributed by atoms with Crippen molar-refractivity contribution in [2.45, 2.75) is 25.4 Å². The van der Waals surface area contributed by atoms with Gasteiger partial charge in [0.05, 0.1) is 11.0 Å². The Morgan fingerprint density at radius 1 is 0.677 bits per heavy atom. The van der Waals surface area contributed by atoms with Crippen LogP contribution in [0.15, 0.2) is 91.0 Å². The molecule has 3 aromatic carbocycles. The SMILES string of the molecule is CC12C=CC1(C)C1N(c3ccccc3)c3nc4ccccc4nc3N1c1ccccc12. The number of para-hydroxylation sites is 4. The van der Waals surface area contributed by atoms with Crippen molar-refractivity contribution in [2.75, 3.05) is 9.80 Å². The Balaban J connectivity index is 1.59. The number of fused-ring (bicyclic) bond motifs is 9. The Morgan fingerprint density at radius 2 is 1.29 bits per heavy atom. The Hall–Kier alpha value is -3.66. The van der Waals surface area contributed by atoms with Crippen LogP contribution in [-0.4, -0.2) is 16.1 Å².